The molecule has 3 rings (SSSR count). The minimum Gasteiger partial charge on any atom is -0.467 e. The zero-order valence-electron chi connectivity index (χ0n) is 13.3. The van der Waals surface area contributed by atoms with Gasteiger partial charge in [0, 0.05) is 22.4 Å². The number of esters is 1. The van der Waals surface area contributed by atoms with Crippen LogP contribution in [0.4, 0.5) is 0 Å². The number of hydrogen-bond donors (Lipinski definition) is 0. The Labute approximate surface area is 150 Å². The van der Waals surface area contributed by atoms with Crippen LogP contribution in [0.1, 0.15) is 21.5 Å². The van der Waals surface area contributed by atoms with Crippen LogP contribution in [-0.4, -0.2) is 27.4 Å². The van der Waals surface area contributed by atoms with Crippen LogP contribution < -0.4 is 4.74 Å². The Morgan fingerprint density at radius 2 is 2.04 bits per heavy atom. The first-order valence-electron chi connectivity index (χ1n) is 7.34. The molecule has 0 fully saturated rings. The molecule has 6 nitrogen and oxygen atoms in total. The minimum absolute atomic E-state index is 0.00912. The van der Waals surface area contributed by atoms with E-state index < -0.39 is 15.8 Å². The summed E-state index contributed by atoms with van der Waals surface area (Å²) in [5.74, 6) is -0.165. The van der Waals surface area contributed by atoms with E-state index >= 15 is 0 Å². The second-order valence-corrected chi connectivity index (χ2v) is 7.93. The SMILES string of the molecule is CS(=O)(=O)c1ccccc1C(=O)OCc1cc(Cl)cc2c1OCOC2. The largest absolute Gasteiger partial charge is 0.467 e. The number of carbonyl (C=O) groups excluding carboxylic acids is 1. The van der Waals surface area contributed by atoms with E-state index in [1.54, 1.807) is 24.3 Å². The standard InChI is InChI=1S/C17H15ClO6S/c1-25(20,21)15-5-3-2-4-14(15)17(19)23-9-12-7-13(18)6-11-8-22-10-24-16(11)12/h2-7H,8-10H2,1H3. The molecule has 0 saturated heterocycles. The maximum absolute atomic E-state index is 12.4. The molecule has 132 valence electrons. The zero-order chi connectivity index (χ0) is 18.0. The van der Waals surface area contributed by atoms with Gasteiger partial charge in [-0.1, -0.05) is 23.7 Å². The molecule has 1 aliphatic rings. The van der Waals surface area contributed by atoms with Crippen LogP contribution in [0.25, 0.3) is 0 Å². The highest BCUT2D eigenvalue weighted by Crippen LogP contribution is 2.32. The predicted octanol–water partition coefficient (Wildman–Crippen LogP) is 2.97. The molecule has 0 N–H and O–H groups in total. The predicted molar refractivity (Wildman–Crippen MR) is 90.4 cm³/mol. The van der Waals surface area contributed by atoms with Crippen LogP contribution in [0.3, 0.4) is 0 Å². The van der Waals surface area contributed by atoms with Crippen molar-refractivity contribution in [3.05, 3.63) is 58.1 Å². The van der Waals surface area contributed by atoms with Gasteiger partial charge in [0.1, 0.15) is 12.4 Å². The lowest BCUT2D eigenvalue weighted by atomic mass is 10.1. The van der Waals surface area contributed by atoms with Gasteiger partial charge in [-0.15, -0.1) is 0 Å². The van der Waals surface area contributed by atoms with E-state index in [0.717, 1.165) is 11.8 Å². The first-order valence-corrected chi connectivity index (χ1v) is 9.61. The highest BCUT2D eigenvalue weighted by Gasteiger charge is 2.21. The first-order chi connectivity index (χ1) is 11.9. The Morgan fingerprint density at radius 1 is 1.28 bits per heavy atom. The van der Waals surface area contributed by atoms with Crippen molar-refractivity contribution >= 4 is 27.4 Å². The summed E-state index contributed by atoms with van der Waals surface area (Å²) < 4.78 is 39.6. The molecule has 0 aromatic heterocycles. The smallest absolute Gasteiger partial charge is 0.339 e. The molecule has 0 radical (unpaired) electrons. The van der Waals surface area contributed by atoms with E-state index in [-0.39, 0.29) is 23.9 Å². The summed E-state index contributed by atoms with van der Waals surface area (Å²) in [5, 5.41) is 0.468. The third-order valence-electron chi connectivity index (χ3n) is 3.62. The molecule has 0 atom stereocenters. The monoisotopic (exact) mass is 382 g/mol. The van der Waals surface area contributed by atoms with Gasteiger partial charge < -0.3 is 14.2 Å². The van der Waals surface area contributed by atoms with Gasteiger partial charge in [-0.2, -0.15) is 0 Å². The Hall–Kier alpha value is -2.09. The number of carbonyl (C=O) groups is 1. The minimum atomic E-state index is -3.55. The summed E-state index contributed by atoms with van der Waals surface area (Å²) in [5.41, 5.74) is 1.35. The van der Waals surface area contributed by atoms with Gasteiger partial charge in [-0.05, 0) is 24.3 Å². The normalized spacial score (nSPS) is 13.7. The van der Waals surface area contributed by atoms with Gasteiger partial charge in [0.2, 0.25) is 0 Å². The second kappa shape index (κ2) is 7.03. The maximum Gasteiger partial charge on any atom is 0.339 e. The van der Waals surface area contributed by atoms with Crippen LogP contribution >= 0.6 is 11.6 Å². The molecular formula is C17H15ClO6S. The number of rotatable bonds is 4. The van der Waals surface area contributed by atoms with Gasteiger partial charge in [-0.3, -0.25) is 0 Å². The second-order valence-electron chi connectivity index (χ2n) is 5.51. The lowest BCUT2D eigenvalue weighted by Crippen LogP contribution is -2.15. The van der Waals surface area contributed by atoms with E-state index in [1.807, 2.05) is 0 Å². The van der Waals surface area contributed by atoms with Gasteiger partial charge in [-0.25, -0.2) is 13.2 Å². The molecular weight excluding hydrogens is 368 g/mol. The molecule has 0 unspecified atom stereocenters. The lowest BCUT2D eigenvalue weighted by molar-refractivity contribution is -0.0180. The fourth-order valence-corrected chi connectivity index (χ4v) is 3.68. The molecule has 25 heavy (non-hydrogen) atoms. The van der Waals surface area contributed by atoms with E-state index in [9.17, 15) is 13.2 Å². The molecule has 2 aromatic rings. The molecule has 2 aromatic carbocycles. The highest BCUT2D eigenvalue weighted by molar-refractivity contribution is 7.90. The van der Waals surface area contributed by atoms with Crippen LogP contribution in [0.5, 0.6) is 5.75 Å². The number of sulfone groups is 1. The third-order valence-corrected chi connectivity index (χ3v) is 4.99. The summed E-state index contributed by atoms with van der Waals surface area (Å²) in [6, 6.07) is 9.27. The number of benzene rings is 2. The average molecular weight is 383 g/mol. The van der Waals surface area contributed by atoms with Crippen LogP contribution in [0, 0.1) is 0 Å². The first kappa shape index (κ1) is 17.7. The Bertz CT molecular complexity index is 923. The number of ether oxygens (including phenoxy) is 3. The van der Waals surface area contributed by atoms with Gasteiger partial charge in [0.05, 0.1) is 17.1 Å². The van der Waals surface area contributed by atoms with Crippen molar-refractivity contribution in [1.82, 2.24) is 0 Å². The van der Waals surface area contributed by atoms with Crippen LogP contribution in [-0.2, 0) is 32.5 Å². The summed E-state index contributed by atoms with van der Waals surface area (Å²) in [6.07, 6.45) is 1.04. The number of halogens is 1. The van der Waals surface area contributed by atoms with Gasteiger partial charge in [0.15, 0.2) is 16.6 Å². The number of fused-ring (bicyclic) bond motifs is 1. The van der Waals surface area contributed by atoms with E-state index in [0.29, 0.717) is 22.9 Å². The maximum atomic E-state index is 12.4. The summed E-state index contributed by atoms with van der Waals surface area (Å²) in [6.45, 7) is 0.361. The topological polar surface area (TPSA) is 78.9 Å². The fourth-order valence-electron chi connectivity index (χ4n) is 2.54. The van der Waals surface area contributed by atoms with Gasteiger partial charge >= 0.3 is 5.97 Å². The zero-order valence-corrected chi connectivity index (χ0v) is 14.9. The van der Waals surface area contributed by atoms with Crippen molar-refractivity contribution in [1.29, 1.82) is 0 Å². The summed E-state index contributed by atoms with van der Waals surface area (Å²) >= 11 is 6.07. The van der Waals surface area contributed by atoms with Crippen molar-refractivity contribution in [2.75, 3.05) is 13.0 Å². The van der Waals surface area contributed by atoms with Crippen LogP contribution in [0.15, 0.2) is 41.3 Å². The van der Waals surface area contributed by atoms with Crippen molar-refractivity contribution < 1.29 is 27.4 Å². The Kier molecular flexibility index (Phi) is 4.99. The fraction of sp³-hybridized carbons (Fsp3) is 0.235. The van der Waals surface area contributed by atoms with Gasteiger partial charge in [0.25, 0.3) is 0 Å². The molecule has 8 heteroatoms. The summed E-state index contributed by atoms with van der Waals surface area (Å²) in [4.78, 5) is 12.3. The average Bonchev–Trinajstić information content (AvgIpc) is 2.58. The molecule has 0 amide bonds. The van der Waals surface area contributed by atoms with E-state index in [4.69, 9.17) is 25.8 Å². The lowest BCUT2D eigenvalue weighted by Gasteiger charge is -2.21. The van der Waals surface area contributed by atoms with Crippen molar-refractivity contribution in [3.8, 4) is 5.75 Å². The Morgan fingerprint density at radius 3 is 2.80 bits per heavy atom. The summed E-state index contributed by atoms with van der Waals surface area (Å²) in [7, 11) is -3.55. The molecule has 0 spiro atoms. The molecule has 1 heterocycles. The van der Waals surface area contributed by atoms with Crippen molar-refractivity contribution in [2.24, 2.45) is 0 Å². The van der Waals surface area contributed by atoms with E-state index in [1.165, 1.54) is 12.1 Å². The molecule has 1 aliphatic heterocycles. The Balaban J connectivity index is 1.84. The van der Waals surface area contributed by atoms with E-state index in [2.05, 4.69) is 0 Å². The number of hydrogen-bond acceptors (Lipinski definition) is 6. The van der Waals surface area contributed by atoms with Crippen LogP contribution in [0.2, 0.25) is 5.02 Å². The third kappa shape index (κ3) is 3.95. The molecule has 0 bridgehead atoms. The van der Waals surface area contributed by atoms with Crippen molar-refractivity contribution in [2.45, 2.75) is 18.1 Å². The highest BCUT2D eigenvalue weighted by atomic mass is 35.5. The molecule has 0 saturated carbocycles. The molecule has 0 aliphatic carbocycles. The quantitative estimate of drug-likeness (QED) is 0.756. The van der Waals surface area contributed by atoms with Crippen molar-refractivity contribution in [3.63, 3.8) is 0 Å².